The molecule has 0 aromatic rings. The molecule has 1 nitrogen and oxygen atoms in total. The van der Waals surface area contributed by atoms with E-state index in [2.05, 4.69) is 38.7 Å². The lowest BCUT2D eigenvalue weighted by Gasteiger charge is -2.26. The third kappa shape index (κ3) is 6.98. The summed E-state index contributed by atoms with van der Waals surface area (Å²) in [6.45, 7) is 10.5. The van der Waals surface area contributed by atoms with Crippen LogP contribution in [0, 0.1) is 0 Å². The second-order valence-electron chi connectivity index (χ2n) is 4.14. The summed E-state index contributed by atoms with van der Waals surface area (Å²) in [4.78, 5) is 0. The largest absolute Gasteiger partial charge is 0.411 e. The third-order valence-electron chi connectivity index (χ3n) is 1.72. The van der Waals surface area contributed by atoms with Crippen LogP contribution in [-0.4, -0.2) is 31.5 Å². The summed E-state index contributed by atoms with van der Waals surface area (Å²) < 4.78 is 6.64. The van der Waals surface area contributed by atoms with Crippen LogP contribution in [0.5, 0.6) is 0 Å². The predicted octanol–water partition coefficient (Wildman–Crippen LogP) is 3.83. The van der Waals surface area contributed by atoms with Crippen molar-refractivity contribution in [1.29, 1.82) is 0 Å². The quantitative estimate of drug-likeness (QED) is 0.386. The van der Waals surface area contributed by atoms with Gasteiger partial charge in [0.1, 0.15) is 0 Å². The zero-order valence-corrected chi connectivity index (χ0v) is 12.5. The highest BCUT2D eigenvalue weighted by Gasteiger charge is 2.21. The zero-order valence-electron chi connectivity index (χ0n) is 9.87. The Hall–Kier alpha value is 0.617. The van der Waals surface area contributed by atoms with Gasteiger partial charge < -0.3 is 4.43 Å². The topological polar surface area (TPSA) is 9.23 Å². The van der Waals surface area contributed by atoms with Gasteiger partial charge in [-0.1, -0.05) is 6.08 Å². The Morgan fingerprint density at radius 3 is 2.07 bits per heavy atom. The fraction of sp³-hybridized carbons (Fsp3) is 0.800. The zero-order chi connectivity index (χ0) is 11.2. The highest BCUT2D eigenvalue weighted by molar-refractivity contribution is 8.16. The fourth-order valence-corrected chi connectivity index (χ4v) is 3.76. The lowest BCUT2D eigenvalue weighted by atomic mass is 10.3. The van der Waals surface area contributed by atoms with Gasteiger partial charge in [0, 0.05) is 0 Å². The number of thioether (sulfide) groups is 2. The maximum absolute atomic E-state index is 6.02. The maximum atomic E-state index is 6.02. The molecule has 14 heavy (non-hydrogen) atoms. The molecule has 0 amide bonds. The third-order valence-corrected chi connectivity index (χ3v) is 5.32. The van der Waals surface area contributed by atoms with E-state index in [9.17, 15) is 0 Å². The predicted molar refractivity (Wildman–Crippen MR) is 73.9 cm³/mol. The first kappa shape index (κ1) is 14.6. The molecular formula is C10H22OS2Si. The van der Waals surface area contributed by atoms with Gasteiger partial charge in [-0.15, -0.1) is 6.58 Å². The summed E-state index contributed by atoms with van der Waals surface area (Å²) in [5.41, 5.74) is 0. The summed E-state index contributed by atoms with van der Waals surface area (Å²) in [6, 6.07) is 0. The molecule has 0 N–H and O–H groups in total. The number of rotatable bonds is 7. The van der Waals surface area contributed by atoms with Crippen molar-refractivity contribution in [3.05, 3.63) is 12.7 Å². The molecule has 0 rings (SSSR count). The van der Waals surface area contributed by atoms with Gasteiger partial charge in [-0.05, 0) is 38.6 Å². The van der Waals surface area contributed by atoms with E-state index in [-0.39, 0.29) is 6.10 Å². The SMILES string of the molecule is C=CC(CC(SC)SC)O[Si](C)(C)C. The van der Waals surface area contributed by atoms with Crippen LogP contribution in [0.25, 0.3) is 0 Å². The van der Waals surface area contributed by atoms with E-state index >= 15 is 0 Å². The molecule has 1 unspecified atom stereocenters. The summed E-state index contributed by atoms with van der Waals surface area (Å²) in [6.07, 6.45) is 7.53. The summed E-state index contributed by atoms with van der Waals surface area (Å²) >= 11 is 3.78. The average molecular weight is 251 g/mol. The van der Waals surface area contributed by atoms with E-state index in [1.807, 2.05) is 29.6 Å². The van der Waals surface area contributed by atoms with Gasteiger partial charge in [0.25, 0.3) is 0 Å². The van der Waals surface area contributed by atoms with Gasteiger partial charge in [0.2, 0.25) is 0 Å². The second kappa shape index (κ2) is 6.98. The molecule has 0 aromatic heterocycles. The lowest BCUT2D eigenvalue weighted by Crippen LogP contribution is -2.32. The molecule has 0 fully saturated rings. The molecule has 0 bridgehead atoms. The molecule has 0 aromatic carbocycles. The molecule has 0 saturated heterocycles. The van der Waals surface area contributed by atoms with Gasteiger partial charge in [0.15, 0.2) is 8.32 Å². The van der Waals surface area contributed by atoms with E-state index in [4.69, 9.17) is 4.43 Å². The molecule has 84 valence electrons. The van der Waals surface area contributed by atoms with Gasteiger partial charge in [-0.25, -0.2) is 0 Å². The van der Waals surface area contributed by atoms with Crippen molar-refractivity contribution in [3.8, 4) is 0 Å². The number of hydrogen-bond acceptors (Lipinski definition) is 3. The molecule has 0 radical (unpaired) electrons. The van der Waals surface area contributed by atoms with Crippen LogP contribution >= 0.6 is 23.5 Å². The Bertz CT molecular complexity index is 164. The molecule has 0 saturated carbocycles. The lowest BCUT2D eigenvalue weighted by molar-refractivity contribution is 0.237. The minimum atomic E-state index is -1.42. The average Bonchev–Trinajstić information content (AvgIpc) is 2.10. The summed E-state index contributed by atoms with van der Waals surface area (Å²) in [5, 5.41) is 0. The molecule has 0 heterocycles. The Morgan fingerprint density at radius 1 is 1.29 bits per heavy atom. The monoisotopic (exact) mass is 250 g/mol. The van der Waals surface area contributed by atoms with Crippen molar-refractivity contribution >= 4 is 31.8 Å². The summed E-state index contributed by atoms with van der Waals surface area (Å²) in [5.74, 6) is 0. The molecule has 0 aliphatic carbocycles. The van der Waals surface area contributed by atoms with Crippen LogP contribution in [-0.2, 0) is 4.43 Å². The first-order chi connectivity index (χ1) is 6.42. The molecule has 0 aliphatic rings. The van der Waals surface area contributed by atoms with Gasteiger partial charge in [-0.2, -0.15) is 23.5 Å². The minimum absolute atomic E-state index is 0.228. The molecule has 1 atom stereocenters. The highest BCUT2D eigenvalue weighted by atomic mass is 32.2. The molecule has 0 aliphatic heterocycles. The van der Waals surface area contributed by atoms with Crippen molar-refractivity contribution in [2.24, 2.45) is 0 Å². The van der Waals surface area contributed by atoms with Crippen LogP contribution in [0.2, 0.25) is 19.6 Å². The Labute approximate surface area is 98.2 Å². The van der Waals surface area contributed by atoms with Crippen LogP contribution < -0.4 is 0 Å². The first-order valence-corrected chi connectivity index (χ1v) is 10.8. The standard InChI is InChI=1S/C10H22OS2Si/c1-7-9(11-14(4,5)6)8-10(12-2)13-3/h7,9-10H,1,8H2,2-6H3. The van der Waals surface area contributed by atoms with E-state index in [1.54, 1.807) is 0 Å². The maximum Gasteiger partial charge on any atom is 0.184 e. The molecular weight excluding hydrogens is 228 g/mol. The van der Waals surface area contributed by atoms with Crippen molar-refractivity contribution in [1.82, 2.24) is 0 Å². The van der Waals surface area contributed by atoms with Crippen LogP contribution in [0.3, 0.4) is 0 Å². The van der Waals surface area contributed by atoms with E-state index in [0.29, 0.717) is 4.58 Å². The first-order valence-electron chi connectivity index (χ1n) is 4.79. The second-order valence-corrected chi connectivity index (χ2v) is 11.0. The number of hydrogen-bond donors (Lipinski definition) is 0. The normalized spacial score (nSPS) is 14.4. The van der Waals surface area contributed by atoms with E-state index < -0.39 is 8.32 Å². The smallest absolute Gasteiger partial charge is 0.184 e. The van der Waals surface area contributed by atoms with E-state index in [1.165, 1.54) is 0 Å². The van der Waals surface area contributed by atoms with Gasteiger partial charge in [-0.3, -0.25) is 0 Å². The Morgan fingerprint density at radius 2 is 1.79 bits per heavy atom. The fourth-order valence-electron chi connectivity index (χ4n) is 1.12. The molecule has 0 spiro atoms. The van der Waals surface area contributed by atoms with Crippen molar-refractivity contribution in [2.75, 3.05) is 12.5 Å². The van der Waals surface area contributed by atoms with Crippen molar-refractivity contribution in [3.63, 3.8) is 0 Å². The van der Waals surface area contributed by atoms with Crippen molar-refractivity contribution < 1.29 is 4.43 Å². The van der Waals surface area contributed by atoms with Crippen LogP contribution in [0.15, 0.2) is 12.7 Å². The van der Waals surface area contributed by atoms with Gasteiger partial charge in [0.05, 0.1) is 10.7 Å². The molecule has 4 heteroatoms. The summed E-state index contributed by atoms with van der Waals surface area (Å²) in [7, 11) is -1.42. The van der Waals surface area contributed by atoms with Crippen LogP contribution in [0.1, 0.15) is 6.42 Å². The Kier molecular flexibility index (Phi) is 7.29. The van der Waals surface area contributed by atoms with Crippen LogP contribution in [0.4, 0.5) is 0 Å². The Balaban J connectivity index is 4.08. The van der Waals surface area contributed by atoms with Gasteiger partial charge >= 0.3 is 0 Å². The minimum Gasteiger partial charge on any atom is -0.411 e. The van der Waals surface area contributed by atoms with Crippen molar-refractivity contribution in [2.45, 2.75) is 36.7 Å². The van der Waals surface area contributed by atoms with E-state index in [0.717, 1.165) is 6.42 Å². The highest BCUT2D eigenvalue weighted by Crippen LogP contribution is 2.26.